The minimum atomic E-state index is -3.76. The first-order valence-corrected chi connectivity index (χ1v) is 12.4. The highest BCUT2D eigenvalue weighted by Crippen LogP contribution is 2.31. The van der Waals surface area contributed by atoms with E-state index < -0.39 is 10.0 Å². The van der Waals surface area contributed by atoms with Crippen LogP contribution in [0.3, 0.4) is 0 Å². The molecule has 32 heavy (non-hydrogen) atoms. The molecule has 0 bridgehead atoms. The fraction of sp³-hybridized carbons (Fsp3) is 0.375. The van der Waals surface area contributed by atoms with Crippen LogP contribution in [0.1, 0.15) is 39.3 Å². The van der Waals surface area contributed by atoms with E-state index in [1.807, 2.05) is 13.8 Å². The van der Waals surface area contributed by atoms with Crippen LogP contribution in [-0.4, -0.2) is 19.6 Å². The molecule has 3 N–H and O–H groups in total. The predicted molar refractivity (Wildman–Crippen MR) is 129 cm³/mol. The number of ether oxygens (including phenoxy) is 1. The van der Waals surface area contributed by atoms with Crippen LogP contribution in [0, 0.1) is 5.92 Å². The summed E-state index contributed by atoms with van der Waals surface area (Å²) in [4.78, 5) is 13.4. The van der Waals surface area contributed by atoms with Crippen molar-refractivity contribution in [3.63, 3.8) is 0 Å². The van der Waals surface area contributed by atoms with E-state index in [0.29, 0.717) is 41.1 Å². The summed E-state index contributed by atoms with van der Waals surface area (Å²) in [5, 5.41) is 1.02. The van der Waals surface area contributed by atoms with Crippen LogP contribution >= 0.6 is 0 Å². The number of rotatable bonds is 10. The molecule has 0 radical (unpaired) electrons. The van der Waals surface area contributed by atoms with E-state index >= 15 is 0 Å². The fourth-order valence-corrected chi connectivity index (χ4v) is 4.65. The first kappa shape index (κ1) is 23.8. The van der Waals surface area contributed by atoms with Gasteiger partial charge in [0.05, 0.1) is 22.6 Å². The molecular formula is C24H31N3O4S. The SMILES string of the molecule is CCCCOc1c(CN)n(CC(C)C)c(=O)c2ccc(NS(=O)(=O)c3ccccc3)cc12. The van der Waals surface area contributed by atoms with E-state index in [2.05, 4.69) is 11.6 Å². The normalized spacial score (nSPS) is 11.8. The Morgan fingerprint density at radius 2 is 1.81 bits per heavy atom. The van der Waals surface area contributed by atoms with Gasteiger partial charge in [-0.25, -0.2) is 8.42 Å². The molecule has 0 spiro atoms. The van der Waals surface area contributed by atoms with Gasteiger partial charge in [-0.3, -0.25) is 9.52 Å². The van der Waals surface area contributed by atoms with E-state index in [0.717, 1.165) is 12.8 Å². The van der Waals surface area contributed by atoms with Gasteiger partial charge in [-0.1, -0.05) is 45.4 Å². The van der Waals surface area contributed by atoms with Crippen molar-refractivity contribution in [2.75, 3.05) is 11.3 Å². The molecule has 172 valence electrons. The van der Waals surface area contributed by atoms with Crippen molar-refractivity contribution in [2.45, 2.75) is 51.6 Å². The van der Waals surface area contributed by atoms with Gasteiger partial charge in [-0.05, 0) is 42.7 Å². The lowest BCUT2D eigenvalue weighted by Gasteiger charge is -2.21. The summed E-state index contributed by atoms with van der Waals surface area (Å²) in [5.41, 5.74) is 6.87. The van der Waals surface area contributed by atoms with Gasteiger partial charge in [0.1, 0.15) is 5.75 Å². The summed E-state index contributed by atoms with van der Waals surface area (Å²) in [5.74, 6) is 0.785. The fourth-order valence-electron chi connectivity index (χ4n) is 3.58. The van der Waals surface area contributed by atoms with E-state index in [4.69, 9.17) is 10.5 Å². The maximum Gasteiger partial charge on any atom is 0.261 e. The van der Waals surface area contributed by atoms with E-state index in [1.54, 1.807) is 41.0 Å². The lowest BCUT2D eigenvalue weighted by Crippen LogP contribution is -2.28. The number of fused-ring (bicyclic) bond motifs is 1. The lowest BCUT2D eigenvalue weighted by molar-refractivity contribution is 0.304. The van der Waals surface area contributed by atoms with Crippen LogP contribution in [0.2, 0.25) is 0 Å². The molecule has 0 unspecified atom stereocenters. The van der Waals surface area contributed by atoms with Gasteiger partial charge in [0.15, 0.2) is 0 Å². The maximum absolute atomic E-state index is 13.3. The lowest BCUT2D eigenvalue weighted by atomic mass is 10.1. The Labute approximate surface area is 189 Å². The van der Waals surface area contributed by atoms with E-state index in [-0.39, 0.29) is 22.9 Å². The highest BCUT2D eigenvalue weighted by Gasteiger charge is 2.20. The van der Waals surface area contributed by atoms with Crippen molar-refractivity contribution in [3.8, 4) is 5.75 Å². The zero-order valence-electron chi connectivity index (χ0n) is 18.8. The Hall–Kier alpha value is -2.84. The molecule has 0 fully saturated rings. The minimum absolute atomic E-state index is 0.138. The number of hydrogen-bond acceptors (Lipinski definition) is 5. The Balaban J connectivity index is 2.16. The van der Waals surface area contributed by atoms with Crippen molar-refractivity contribution in [3.05, 3.63) is 64.6 Å². The average Bonchev–Trinajstić information content (AvgIpc) is 2.77. The number of unbranched alkanes of at least 4 members (excludes halogenated alkanes) is 1. The standard InChI is InChI=1S/C24H31N3O4S/c1-4-5-13-31-23-21-14-18(26-32(29,30)19-9-7-6-8-10-19)11-12-20(21)24(28)27(16-17(2)3)22(23)15-25/h6-12,14,17,26H,4-5,13,15-16,25H2,1-3H3. The second kappa shape index (κ2) is 10.2. The third-order valence-electron chi connectivity index (χ3n) is 5.12. The van der Waals surface area contributed by atoms with Crippen molar-refractivity contribution < 1.29 is 13.2 Å². The Morgan fingerprint density at radius 1 is 1.09 bits per heavy atom. The van der Waals surface area contributed by atoms with Crippen molar-refractivity contribution >= 4 is 26.5 Å². The smallest absolute Gasteiger partial charge is 0.261 e. The van der Waals surface area contributed by atoms with Crippen molar-refractivity contribution in [1.82, 2.24) is 4.57 Å². The van der Waals surface area contributed by atoms with E-state index in [9.17, 15) is 13.2 Å². The zero-order chi connectivity index (χ0) is 23.3. The maximum atomic E-state index is 13.3. The quantitative estimate of drug-likeness (QED) is 0.446. The summed E-state index contributed by atoms with van der Waals surface area (Å²) < 4.78 is 35.9. The van der Waals surface area contributed by atoms with Crippen LogP contribution in [-0.2, 0) is 23.1 Å². The first-order valence-electron chi connectivity index (χ1n) is 10.9. The number of pyridine rings is 1. The molecule has 2 aromatic carbocycles. The average molecular weight is 458 g/mol. The molecule has 0 saturated heterocycles. The summed E-state index contributed by atoms with van der Waals surface area (Å²) in [6, 6.07) is 13.0. The van der Waals surface area contributed by atoms with Crippen LogP contribution in [0.4, 0.5) is 5.69 Å². The van der Waals surface area contributed by atoms with Gasteiger partial charge in [-0.2, -0.15) is 0 Å². The van der Waals surface area contributed by atoms with Gasteiger partial charge in [0, 0.05) is 24.2 Å². The first-order chi connectivity index (χ1) is 15.3. The summed E-state index contributed by atoms with van der Waals surface area (Å²) >= 11 is 0. The number of nitrogens with two attached hydrogens (primary N) is 1. The van der Waals surface area contributed by atoms with Crippen molar-refractivity contribution in [1.29, 1.82) is 0 Å². The summed E-state index contributed by atoms with van der Waals surface area (Å²) in [7, 11) is -3.76. The Morgan fingerprint density at radius 3 is 2.44 bits per heavy atom. The van der Waals surface area contributed by atoms with Gasteiger partial charge >= 0.3 is 0 Å². The number of benzene rings is 2. The molecule has 0 atom stereocenters. The summed E-state index contributed by atoms with van der Waals surface area (Å²) in [6.45, 7) is 7.29. The molecule has 0 aliphatic carbocycles. The second-order valence-electron chi connectivity index (χ2n) is 8.17. The monoisotopic (exact) mass is 457 g/mol. The van der Waals surface area contributed by atoms with E-state index in [1.165, 1.54) is 12.1 Å². The van der Waals surface area contributed by atoms with Gasteiger partial charge in [0.25, 0.3) is 15.6 Å². The molecule has 0 aliphatic heterocycles. The third kappa shape index (κ3) is 5.14. The number of sulfonamides is 1. The number of hydrogen-bond donors (Lipinski definition) is 2. The third-order valence-corrected chi connectivity index (χ3v) is 6.52. The second-order valence-corrected chi connectivity index (χ2v) is 9.85. The molecule has 0 amide bonds. The van der Waals surface area contributed by atoms with Gasteiger partial charge in [0.2, 0.25) is 0 Å². The van der Waals surface area contributed by atoms with Crippen LogP contribution in [0.15, 0.2) is 58.2 Å². The number of nitrogens with zero attached hydrogens (tertiary/aromatic N) is 1. The Bertz CT molecular complexity index is 1240. The highest BCUT2D eigenvalue weighted by molar-refractivity contribution is 7.92. The number of anilines is 1. The molecule has 1 heterocycles. The minimum Gasteiger partial charge on any atom is -0.491 e. The number of nitrogens with one attached hydrogen (secondary N) is 1. The van der Waals surface area contributed by atoms with Crippen LogP contribution < -0.4 is 20.8 Å². The molecule has 8 heteroatoms. The zero-order valence-corrected chi connectivity index (χ0v) is 19.6. The van der Waals surface area contributed by atoms with Crippen LogP contribution in [0.25, 0.3) is 10.8 Å². The molecule has 0 aliphatic rings. The molecule has 7 nitrogen and oxygen atoms in total. The Kier molecular flexibility index (Phi) is 7.58. The highest BCUT2D eigenvalue weighted by atomic mass is 32.2. The van der Waals surface area contributed by atoms with Crippen molar-refractivity contribution in [2.24, 2.45) is 11.7 Å². The molecule has 1 aromatic heterocycles. The molecule has 3 rings (SSSR count). The molecular weight excluding hydrogens is 426 g/mol. The largest absolute Gasteiger partial charge is 0.491 e. The van der Waals surface area contributed by atoms with Gasteiger partial charge in [-0.15, -0.1) is 0 Å². The molecule has 3 aromatic rings. The summed E-state index contributed by atoms with van der Waals surface area (Å²) in [6.07, 6.45) is 1.82. The topological polar surface area (TPSA) is 103 Å². The van der Waals surface area contributed by atoms with Gasteiger partial charge < -0.3 is 15.0 Å². The van der Waals surface area contributed by atoms with Crippen LogP contribution in [0.5, 0.6) is 5.75 Å². The number of aromatic nitrogens is 1. The predicted octanol–water partition coefficient (Wildman–Crippen LogP) is 4.10. The molecule has 0 saturated carbocycles.